The molecule has 1 aliphatic rings. The Morgan fingerprint density at radius 2 is 1.42 bits per heavy atom. The zero-order valence-corrected chi connectivity index (χ0v) is 17.7. The molecule has 1 fully saturated rings. The van der Waals surface area contributed by atoms with Crippen LogP contribution in [0, 0.1) is 0 Å². The number of ether oxygens (including phenoxy) is 5. The summed E-state index contributed by atoms with van der Waals surface area (Å²) in [6.45, 7) is 4.12. The van der Waals surface area contributed by atoms with Gasteiger partial charge in [-0.1, -0.05) is 30.3 Å². The maximum atomic E-state index is 11.8. The van der Waals surface area contributed by atoms with E-state index in [1.165, 1.54) is 6.92 Å². The van der Waals surface area contributed by atoms with Crippen molar-refractivity contribution in [3.63, 3.8) is 0 Å². The van der Waals surface area contributed by atoms with Crippen LogP contribution in [0.15, 0.2) is 30.3 Å². The van der Waals surface area contributed by atoms with Crippen LogP contribution in [-0.4, -0.2) is 65.8 Å². The maximum Gasteiger partial charge on any atom is 0.305 e. The lowest BCUT2D eigenvalue weighted by Crippen LogP contribution is -2.70. The molecule has 1 aliphatic heterocycles. The molecule has 0 radical (unpaired) electrons. The molecule has 2 rings (SSSR count). The van der Waals surface area contributed by atoms with Crippen molar-refractivity contribution in [1.82, 2.24) is 0 Å². The highest BCUT2D eigenvalue weighted by molar-refractivity contribution is 5.68. The summed E-state index contributed by atoms with van der Waals surface area (Å²) in [6, 6.07) is 8.67. The quantitative estimate of drug-likeness (QED) is 0.478. The first kappa shape index (κ1) is 24.3. The Morgan fingerprint density at radius 1 is 0.871 bits per heavy atom. The van der Waals surface area contributed by atoms with Gasteiger partial charge in [0.25, 0.3) is 0 Å². The van der Waals surface area contributed by atoms with Crippen LogP contribution in [0.5, 0.6) is 0 Å². The monoisotopic (exact) mass is 438 g/mol. The van der Waals surface area contributed by atoms with Crippen molar-refractivity contribution in [3.05, 3.63) is 35.9 Å². The largest absolute Gasteiger partial charge is 0.463 e. The number of carbonyl (C=O) groups excluding carboxylic acids is 4. The topological polar surface area (TPSA) is 135 Å². The maximum absolute atomic E-state index is 11.8. The van der Waals surface area contributed by atoms with Crippen molar-refractivity contribution >= 4 is 23.9 Å². The third-order valence-corrected chi connectivity index (χ3v) is 4.53. The van der Waals surface area contributed by atoms with Crippen molar-refractivity contribution in [2.45, 2.75) is 64.3 Å². The lowest BCUT2D eigenvalue weighted by Gasteiger charge is -2.49. The van der Waals surface area contributed by atoms with Crippen LogP contribution in [0.3, 0.4) is 0 Å². The van der Waals surface area contributed by atoms with Crippen molar-refractivity contribution in [2.24, 2.45) is 0 Å². The summed E-state index contributed by atoms with van der Waals surface area (Å²) in [5.41, 5.74) is -1.46. The molecule has 0 saturated carbocycles. The minimum Gasteiger partial charge on any atom is -0.463 e. The van der Waals surface area contributed by atoms with Crippen LogP contribution in [0.4, 0.5) is 0 Å². The van der Waals surface area contributed by atoms with Gasteiger partial charge in [0.15, 0.2) is 17.8 Å². The number of hydrogen-bond acceptors (Lipinski definition) is 10. The highest BCUT2D eigenvalue weighted by Gasteiger charge is 2.61. The number of benzene rings is 1. The zero-order valence-electron chi connectivity index (χ0n) is 17.7. The first-order chi connectivity index (χ1) is 14.5. The first-order valence-electron chi connectivity index (χ1n) is 9.59. The zero-order chi connectivity index (χ0) is 23.2. The molecule has 31 heavy (non-hydrogen) atoms. The van der Waals surface area contributed by atoms with Gasteiger partial charge in [-0.15, -0.1) is 0 Å². The van der Waals surface area contributed by atoms with Crippen LogP contribution >= 0.6 is 0 Å². The fraction of sp³-hybridized carbons (Fsp3) is 0.524. The lowest BCUT2D eigenvalue weighted by molar-refractivity contribution is -0.327. The van der Waals surface area contributed by atoms with Crippen LogP contribution in [0.25, 0.3) is 0 Å². The molecule has 0 bridgehead atoms. The summed E-state index contributed by atoms with van der Waals surface area (Å²) in [5, 5.41) is 11.8. The van der Waals surface area contributed by atoms with Crippen LogP contribution < -0.4 is 0 Å². The Morgan fingerprint density at radius 3 is 1.94 bits per heavy atom. The second kappa shape index (κ2) is 10.4. The smallest absolute Gasteiger partial charge is 0.305 e. The fourth-order valence-corrected chi connectivity index (χ4v) is 3.43. The fourth-order valence-electron chi connectivity index (χ4n) is 3.43. The molecule has 1 aromatic carbocycles. The summed E-state index contributed by atoms with van der Waals surface area (Å²) in [4.78, 5) is 46.6. The summed E-state index contributed by atoms with van der Waals surface area (Å²) < 4.78 is 26.5. The summed E-state index contributed by atoms with van der Waals surface area (Å²) in [5.74, 6) is -2.93. The van der Waals surface area contributed by atoms with Crippen LogP contribution in [0.1, 0.15) is 33.3 Å². The lowest BCUT2D eigenvalue weighted by atomic mass is 9.79. The Labute approximate surface area is 179 Å². The molecule has 0 aromatic heterocycles. The van der Waals surface area contributed by atoms with E-state index in [9.17, 15) is 24.3 Å². The third-order valence-electron chi connectivity index (χ3n) is 4.53. The van der Waals surface area contributed by atoms with E-state index in [0.717, 1.165) is 20.8 Å². The van der Waals surface area contributed by atoms with E-state index in [2.05, 4.69) is 0 Å². The predicted molar refractivity (Wildman–Crippen MR) is 103 cm³/mol. The highest BCUT2D eigenvalue weighted by Crippen LogP contribution is 2.38. The molecule has 1 saturated heterocycles. The molecule has 10 nitrogen and oxygen atoms in total. The molecule has 5 atom stereocenters. The third kappa shape index (κ3) is 6.50. The van der Waals surface area contributed by atoms with E-state index in [4.69, 9.17) is 23.7 Å². The molecule has 170 valence electrons. The number of rotatable bonds is 7. The molecule has 1 heterocycles. The van der Waals surface area contributed by atoms with Gasteiger partial charge < -0.3 is 28.8 Å². The van der Waals surface area contributed by atoms with E-state index >= 15 is 0 Å². The van der Waals surface area contributed by atoms with Gasteiger partial charge in [0.1, 0.15) is 12.7 Å². The van der Waals surface area contributed by atoms with E-state index in [-0.39, 0.29) is 6.42 Å². The van der Waals surface area contributed by atoms with E-state index in [1.54, 1.807) is 30.3 Å². The molecule has 0 spiro atoms. The van der Waals surface area contributed by atoms with E-state index in [0.29, 0.717) is 5.56 Å². The minimum absolute atomic E-state index is 0.151. The van der Waals surface area contributed by atoms with Crippen molar-refractivity contribution in [1.29, 1.82) is 0 Å². The number of esters is 4. The van der Waals surface area contributed by atoms with E-state index in [1.807, 2.05) is 0 Å². The van der Waals surface area contributed by atoms with E-state index < -0.39 is 60.7 Å². The predicted octanol–water partition coefficient (Wildman–Crippen LogP) is 0.675. The van der Waals surface area contributed by atoms with Crippen molar-refractivity contribution in [3.8, 4) is 0 Å². The molecule has 1 aromatic rings. The Balaban J connectivity index is 2.56. The van der Waals surface area contributed by atoms with Gasteiger partial charge in [-0.05, 0) is 5.56 Å². The van der Waals surface area contributed by atoms with Gasteiger partial charge in [-0.2, -0.15) is 0 Å². The van der Waals surface area contributed by atoms with Crippen LogP contribution in [-0.2, 0) is 49.3 Å². The van der Waals surface area contributed by atoms with Gasteiger partial charge in [0, 0.05) is 34.1 Å². The Kier molecular flexibility index (Phi) is 8.12. The second-order valence-electron chi connectivity index (χ2n) is 7.17. The van der Waals surface area contributed by atoms with Crippen molar-refractivity contribution in [2.75, 3.05) is 6.61 Å². The number of carbonyl (C=O) groups is 4. The average molecular weight is 438 g/mol. The second-order valence-corrected chi connectivity index (χ2v) is 7.17. The molecule has 0 amide bonds. The average Bonchev–Trinajstić information content (AvgIpc) is 2.66. The van der Waals surface area contributed by atoms with Gasteiger partial charge in [-0.3, -0.25) is 19.2 Å². The van der Waals surface area contributed by atoms with Gasteiger partial charge in [0.05, 0.1) is 0 Å². The Hall–Kier alpha value is -2.98. The molecular weight excluding hydrogens is 412 g/mol. The molecule has 10 heteroatoms. The number of aliphatic hydroxyl groups is 1. The summed E-state index contributed by atoms with van der Waals surface area (Å²) >= 11 is 0. The molecule has 0 aliphatic carbocycles. The SMILES string of the molecule is CC(=O)OC[C@@H]1O[C@H](OC(C)=O)[C@@H](OC(C)=O)[C@@](O)(Cc2ccccc2)[C@H]1OC(C)=O. The molecule has 0 unspecified atom stereocenters. The summed E-state index contributed by atoms with van der Waals surface area (Å²) in [7, 11) is 0. The highest BCUT2D eigenvalue weighted by atomic mass is 16.7. The van der Waals surface area contributed by atoms with Crippen LogP contribution in [0.2, 0.25) is 0 Å². The number of hydrogen-bond donors (Lipinski definition) is 1. The van der Waals surface area contributed by atoms with Gasteiger partial charge >= 0.3 is 23.9 Å². The molecular formula is C21H26O10. The minimum atomic E-state index is -2.08. The normalized spacial score (nSPS) is 27.6. The Bertz CT molecular complexity index is 808. The van der Waals surface area contributed by atoms with Crippen molar-refractivity contribution < 1.29 is 48.0 Å². The summed E-state index contributed by atoms with van der Waals surface area (Å²) in [6.07, 6.45) is -5.85. The van der Waals surface area contributed by atoms with Gasteiger partial charge in [-0.25, -0.2) is 0 Å². The first-order valence-corrected chi connectivity index (χ1v) is 9.59. The van der Waals surface area contributed by atoms with Gasteiger partial charge in [0.2, 0.25) is 6.29 Å². The standard InChI is InChI=1S/C21H26O10/c1-12(22)27-11-17-18(28-13(2)23)21(26,10-16-8-6-5-7-9-16)19(29-14(3)24)20(31-17)30-15(4)25/h5-9,17-20,26H,10-11H2,1-4H3/t17-,18-,19+,20-,21+/m0/s1. The molecule has 1 N–H and O–H groups in total.